The maximum absolute atomic E-state index is 13.1. The fraction of sp³-hybridized carbons (Fsp3) is 0.381. The van der Waals surface area contributed by atoms with Crippen LogP contribution in [0.25, 0.3) is 0 Å². The predicted molar refractivity (Wildman–Crippen MR) is 109 cm³/mol. The van der Waals surface area contributed by atoms with Crippen LogP contribution < -0.4 is 10.1 Å². The molecule has 2 aromatic carbocycles. The number of ether oxygens (including phenoxy) is 1. The van der Waals surface area contributed by atoms with Crippen molar-refractivity contribution in [3.63, 3.8) is 0 Å². The molecule has 150 valence electrons. The lowest BCUT2D eigenvalue weighted by atomic mass is 10.1. The summed E-state index contributed by atoms with van der Waals surface area (Å²) in [6.45, 7) is 6.97. The number of benzene rings is 2. The summed E-state index contributed by atoms with van der Waals surface area (Å²) in [5, 5.41) is 2.91. The molecule has 1 fully saturated rings. The third-order valence-corrected chi connectivity index (χ3v) is 6.83. The predicted octanol–water partition coefficient (Wildman–Crippen LogP) is 3.74. The highest BCUT2D eigenvalue weighted by atomic mass is 32.2. The number of hydrogen-bond donors (Lipinski definition) is 1. The van der Waals surface area contributed by atoms with E-state index in [1.165, 1.54) is 10.4 Å². The van der Waals surface area contributed by atoms with Crippen LogP contribution in [0.5, 0.6) is 5.75 Å². The molecule has 6 nitrogen and oxygen atoms in total. The van der Waals surface area contributed by atoms with Crippen LogP contribution in [0.2, 0.25) is 0 Å². The van der Waals surface area contributed by atoms with Gasteiger partial charge in [-0.1, -0.05) is 18.2 Å². The molecule has 0 unspecified atom stereocenters. The molecule has 0 aromatic heterocycles. The second kappa shape index (κ2) is 8.32. The number of rotatable bonds is 6. The van der Waals surface area contributed by atoms with Gasteiger partial charge in [-0.2, -0.15) is 4.31 Å². The molecule has 1 heterocycles. The van der Waals surface area contributed by atoms with Crippen LogP contribution in [0.1, 0.15) is 41.3 Å². The van der Waals surface area contributed by atoms with Crippen molar-refractivity contribution < 1.29 is 17.9 Å². The van der Waals surface area contributed by atoms with Gasteiger partial charge in [0, 0.05) is 24.3 Å². The Morgan fingerprint density at radius 1 is 1.11 bits per heavy atom. The topological polar surface area (TPSA) is 75.7 Å². The van der Waals surface area contributed by atoms with Gasteiger partial charge >= 0.3 is 0 Å². The van der Waals surface area contributed by atoms with E-state index < -0.39 is 10.0 Å². The van der Waals surface area contributed by atoms with Crippen molar-refractivity contribution in [3.05, 3.63) is 53.1 Å². The van der Waals surface area contributed by atoms with E-state index in [2.05, 4.69) is 5.32 Å². The summed E-state index contributed by atoms with van der Waals surface area (Å²) in [5.74, 6) is -0.0728. The second-order valence-electron chi connectivity index (χ2n) is 6.93. The van der Waals surface area contributed by atoms with Gasteiger partial charge in [0.1, 0.15) is 10.6 Å². The molecule has 0 atom stereocenters. The first-order chi connectivity index (χ1) is 13.3. The second-order valence-corrected chi connectivity index (χ2v) is 8.83. The molecule has 2 aromatic rings. The smallest absolute Gasteiger partial charge is 0.255 e. The van der Waals surface area contributed by atoms with E-state index in [1.54, 1.807) is 19.1 Å². The van der Waals surface area contributed by atoms with Crippen molar-refractivity contribution >= 4 is 21.6 Å². The third-order valence-electron chi connectivity index (χ3n) is 4.91. The molecule has 1 aliphatic heterocycles. The fourth-order valence-electron chi connectivity index (χ4n) is 3.39. The summed E-state index contributed by atoms with van der Waals surface area (Å²) in [5.41, 5.74) is 2.92. The number of amides is 1. The lowest BCUT2D eigenvalue weighted by Crippen LogP contribution is -2.28. The molecule has 0 radical (unpaired) electrons. The number of sulfonamides is 1. The summed E-state index contributed by atoms with van der Waals surface area (Å²) in [6.07, 6.45) is 1.69. The van der Waals surface area contributed by atoms with Gasteiger partial charge in [-0.05, 0) is 62.9 Å². The van der Waals surface area contributed by atoms with E-state index in [0.29, 0.717) is 19.7 Å². The van der Waals surface area contributed by atoms with E-state index in [1.807, 2.05) is 32.0 Å². The summed E-state index contributed by atoms with van der Waals surface area (Å²) >= 11 is 0. The minimum absolute atomic E-state index is 0.0467. The number of hydrogen-bond acceptors (Lipinski definition) is 4. The molecule has 0 aliphatic carbocycles. The van der Waals surface area contributed by atoms with Crippen molar-refractivity contribution in [2.45, 2.75) is 38.5 Å². The maximum atomic E-state index is 13.1. The van der Waals surface area contributed by atoms with Gasteiger partial charge in [-0.15, -0.1) is 0 Å². The third kappa shape index (κ3) is 4.05. The zero-order valence-electron chi connectivity index (χ0n) is 16.5. The number of nitrogens with zero attached hydrogens (tertiary/aromatic N) is 1. The van der Waals surface area contributed by atoms with Gasteiger partial charge in [0.2, 0.25) is 10.0 Å². The van der Waals surface area contributed by atoms with Crippen molar-refractivity contribution in [1.29, 1.82) is 0 Å². The number of carbonyl (C=O) groups is 1. The first-order valence-electron chi connectivity index (χ1n) is 9.49. The molecule has 1 saturated heterocycles. The maximum Gasteiger partial charge on any atom is 0.255 e. The SMILES string of the molecule is CCOc1ccc(C(=O)Nc2c(C)cccc2C)cc1S(=O)(=O)N1CCCC1. The lowest BCUT2D eigenvalue weighted by Gasteiger charge is -2.19. The van der Waals surface area contributed by atoms with E-state index in [4.69, 9.17) is 4.74 Å². The summed E-state index contributed by atoms with van der Waals surface area (Å²) < 4.78 is 33.2. The molecule has 0 bridgehead atoms. The van der Waals surface area contributed by atoms with Gasteiger partial charge in [0.05, 0.1) is 6.61 Å². The van der Waals surface area contributed by atoms with Crippen molar-refractivity contribution in [3.8, 4) is 5.75 Å². The summed E-state index contributed by atoms with van der Waals surface area (Å²) in [4.78, 5) is 12.9. The van der Waals surface area contributed by atoms with Crippen LogP contribution >= 0.6 is 0 Å². The van der Waals surface area contributed by atoms with Gasteiger partial charge in [-0.25, -0.2) is 8.42 Å². The van der Waals surface area contributed by atoms with Gasteiger partial charge in [0.25, 0.3) is 5.91 Å². The van der Waals surface area contributed by atoms with Crippen LogP contribution in [0.15, 0.2) is 41.3 Å². The minimum atomic E-state index is -3.71. The van der Waals surface area contributed by atoms with Crippen LogP contribution in [0.3, 0.4) is 0 Å². The Balaban J connectivity index is 1.97. The molecule has 28 heavy (non-hydrogen) atoms. The minimum Gasteiger partial charge on any atom is -0.492 e. The number of nitrogens with one attached hydrogen (secondary N) is 1. The highest BCUT2D eigenvalue weighted by molar-refractivity contribution is 7.89. The monoisotopic (exact) mass is 402 g/mol. The lowest BCUT2D eigenvalue weighted by molar-refractivity contribution is 0.102. The number of aryl methyl sites for hydroxylation is 2. The normalized spacial score (nSPS) is 14.8. The van der Waals surface area contributed by atoms with E-state index in [0.717, 1.165) is 29.7 Å². The molecule has 1 amide bonds. The van der Waals surface area contributed by atoms with Gasteiger partial charge in [0.15, 0.2) is 0 Å². The van der Waals surface area contributed by atoms with Crippen LogP contribution in [-0.4, -0.2) is 38.3 Å². The van der Waals surface area contributed by atoms with Gasteiger partial charge < -0.3 is 10.1 Å². The number of para-hydroxylation sites is 1. The molecule has 1 N–H and O–H groups in total. The van der Waals surface area contributed by atoms with Crippen molar-refractivity contribution in [1.82, 2.24) is 4.31 Å². The largest absolute Gasteiger partial charge is 0.492 e. The summed E-state index contributed by atoms with van der Waals surface area (Å²) in [7, 11) is -3.71. The molecule has 7 heteroatoms. The van der Waals surface area contributed by atoms with Crippen molar-refractivity contribution in [2.24, 2.45) is 0 Å². The van der Waals surface area contributed by atoms with E-state index in [9.17, 15) is 13.2 Å². The Morgan fingerprint density at radius 2 is 1.75 bits per heavy atom. The Hall–Kier alpha value is -2.38. The molecular weight excluding hydrogens is 376 g/mol. The van der Waals surface area contributed by atoms with E-state index in [-0.39, 0.29) is 22.1 Å². The Bertz CT molecular complexity index is 960. The highest BCUT2D eigenvalue weighted by Gasteiger charge is 2.31. The molecule has 3 rings (SSSR count). The first-order valence-corrected chi connectivity index (χ1v) is 10.9. The van der Waals surface area contributed by atoms with Crippen LogP contribution in [0.4, 0.5) is 5.69 Å². The number of carbonyl (C=O) groups excluding carboxylic acids is 1. The van der Waals surface area contributed by atoms with Crippen LogP contribution in [0, 0.1) is 13.8 Å². The quantitative estimate of drug-likeness (QED) is 0.799. The standard InChI is InChI=1S/C21H26N2O4S/c1-4-27-18-11-10-17(14-19(18)28(25,26)23-12-5-6-13-23)21(24)22-20-15(2)8-7-9-16(20)3/h7-11,14H,4-6,12-13H2,1-3H3,(H,22,24). The average molecular weight is 403 g/mol. The Labute approximate surface area is 166 Å². The molecule has 0 saturated carbocycles. The Kier molecular flexibility index (Phi) is 6.05. The zero-order valence-corrected chi connectivity index (χ0v) is 17.3. The van der Waals surface area contributed by atoms with Crippen molar-refractivity contribution in [2.75, 3.05) is 25.0 Å². The van der Waals surface area contributed by atoms with Gasteiger partial charge in [-0.3, -0.25) is 4.79 Å². The average Bonchev–Trinajstić information content (AvgIpc) is 3.21. The highest BCUT2D eigenvalue weighted by Crippen LogP contribution is 2.30. The zero-order chi connectivity index (χ0) is 20.3. The first kappa shape index (κ1) is 20.4. The number of anilines is 1. The molecular formula is C21H26N2O4S. The molecule has 1 aliphatic rings. The summed E-state index contributed by atoms with van der Waals surface area (Å²) in [6, 6.07) is 10.3. The van der Waals surface area contributed by atoms with Crippen LogP contribution in [-0.2, 0) is 10.0 Å². The fourth-order valence-corrected chi connectivity index (χ4v) is 5.06. The molecule has 0 spiro atoms. The Morgan fingerprint density at radius 3 is 2.36 bits per heavy atom. The van der Waals surface area contributed by atoms with E-state index >= 15 is 0 Å².